The number of para-hydroxylation sites is 1. The van der Waals surface area contributed by atoms with Crippen LogP contribution in [0, 0.1) is 5.92 Å². The first kappa shape index (κ1) is 15.9. The van der Waals surface area contributed by atoms with Gasteiger partial charge in [-0.2, -0.15) is 0 Å². The summed E-state index contributed by atoms with van der Waals surface area (Å²) in [5, 5.41) is 0. The van der Waals surface area contributed by atoms with Gasteiger partial charge in [0.2, 0.25) is 0 Å². The number of alkyl halides is 3. The Kier molecular flexibility index (Phi) is 5.26. The summed E-state index contributed by atoms with van der Waals surface area (Å²) in [4.78, 5) is 12.1. The van der Waals surface area contributed by atoms with Gasteiger partial charge in [0.1, 0.15) is 5.75 Å². The Hall–Kier alpha value is -1.52. The van der Waals surface area contributed by atoms with Crippen molar-refractivity contribution in [1.29, 1.82) is 0 Å². The molecule has 0 unspecified atom stereocenters. The zero-order chi connectivity index (χ0) is 15.3. The lowest BCUT2D eigenvalue weighted by Gasteiger charge is -2.21. The minimum atomic E-state index is -4.78. The van der Waals surface area contributed by atoms with E-state index in [1.54, 1.807) is 6.07 Å². The maximum Gasteiger partial charge on any atom is 0.573 e. The minimum absolute atomic E-state index is 0.0191. The molecule has 0 aromatic heterocycles. The number of ether oxygens (including phenoxy) is 1. The Morgan fingerprint density at radius 2 is 1.81 bits per heavy atom. The average molecular weight is 300 g/mol. The van der Waals surface area contributed by atoms with E-state index in [1.807, 2.05) is 0 Å². The summed E-state index contributed by atoms with van der Waals surface area (Å²) in [5.41, 5.74) is 0.0191. The third-order valence-electron chi connectivity index (χ3n) is 3.92. The van der Waals surface area contributed by atoms with Crippen LogP contribution in [0.2, 0.25) is 0 Å². The van der Waals surface area contributed by atoms with Crippen molar-refractivity contribution in [3.63, 3.8) is 0 Å². The Morgan fingerprint density at radius 1 is 1.14 bits per heavy atom. The van der Waals surface area contributed by atoms with Crippen LogP contribution >= 0.6 is 0 Å². The van der Waals surface area contributed by atoms with E-state index < -0.39 is 12.1 Å². The van der Waals surface area contributed by atoms with Gasteiger partial charge in [-0.15, -0.1) is 13.2 Å². The molecule has 1 aromatic rings. The highest BCUT2D eigenvalue weighted by atomic mass is 19.4. The molecule has 0 amide bonds. The molecule has 0 N–H and O–H groups in total. The van der Waals surface area contributed by atoms with Crippen LogP contribution in [0.5, 0.6) is 5.75 Å². The smallest absolute Gasteiger partial charge is 0.405 e. The quantitative estimate of drug-likeness (QED) is 0.705. The number of carbonyl (C=O) groups is 1. The van der Waals surface area contributed by atoms with Crippen molar-refractivity contribution in [1.82, 2.24) is 0 Å². The number of halogens is 3. The molecule has 2 nitrogen and oxygen atoms in total. The van der Waals surface area contributed by atoms with Gasteiger partial charge in [0.05, 0.1) is 5.56 Å². The van der Waals surface area contributed by atoms with Crippen molar-refractivity contribution in [3.8, 4) is 5.75 Å². The molecule has 21 heavy (non-hydrogen) atoms. The van der Waals surface area contributed by atoms with E-state index in [-0.39, 0.29) is 17.8 Å². The lowest BCUT2D eigenvalue weighted by molar-refractivity contribution is -0.274. The molecule has 1 aliphatic carbocycles. The highest BCUT2D eigenvalue weighted by Gasteiger charge is 2.32. The van der Waals surface area contributed by atoms with Gasteiger partial charge in [-0.05, 0) is 24.5 Å². The topological polar surface area (TPSA) is 26.3 Å². The molecule has 0 saturated heterocycles. The van der Waals surface area contributed by atoms with Gasteiger partial charge in [-0.25, -0.2) is 0 Å². The van der Waals surface area contributed by atoms with Crippen LogP contribution in [0.25, 0.3) is 0 Å². The first-order valence-corrected chi connectivity index (χ1v) is 7.33. The van der Waals surface area contributed by atoms with Crippen LogP contribution in [-0.4, -0.2) is 12.1 Å². The molecule has 2 rings (SSSR count). The SMILES string of the molecule is O=C(CCC1CCCCC1)c1ccccc1OC(F)(F)F. The van der Waals surface area contributed by atoms with E-state index in [4.69, 9.17) is 0 Å². The Morgan fingerprint density at radius 3 is 2.48 bits per heavy atom. The van der Waals surface area contributed by atoms with Gasteiger partial charge in [0, 0.05) is 6.42 Å². The van der Waals surface area contributed by atoms with Crippen molar-refractivity contribution in [2.45, 2.75) is 51.3 Å². The van der Waals surface area contributed by atoms with Gasteiger partial charge >= 0.3 is 6.36 Å². The molecule has 1 aromatic carbocycles. The normalized spacial score (nSPS) is 16.7. The van der Waals surface area contributed by atoms with E-state index in [1.165, 1.54) is 37.5 Å². The van der Waals surface area contributed by atoms with Crippen LogP contribution in [0.1, 0.15) is 55.3 Å². The molecule has 5 heteroatoms. The maximum atomic E-state index is 12.3. The first-order valence-electron chi connectivity index (χ1n) is 7.33. The summed E-state index contributed by atoms with van der Waals surface area (Å²) in [6, 6.07) is 5.56. The molecule has 0 spiro atoms. The fourth-order valence-corrected chi connectivity index (χ4v) is 2.86. The molecule has 0 bridgehead atoms. The van der Waals surface area contributed by atoms with E-state index in [2.05, 4.69) is 4.74 Å². The monoisotopic (exact) mass is 300 g/mol. The number of ketones is 1. The molecule has 1 saturated carbocycles. The fraction of sp³-hybridized carbons (Fsp3) is 0.562. The van der Waals surface area contributed by atoms with E-state index in [0.717, 1.165) is 19.3 Å². The summed E-state index contributed by atoms with van der Waals surface area (Å²) in [5.74, 6) is -0.155. The Bertz CT molecular complexity index is 477. The standard InChI is InChI=1S/C16H19F3O2/c17-16(18,19)21-15-9-5-4-8-13(15)14(20)11-10-12-6-2-1-3-7-12/h4-5,8-9,12H,1-3,6-7,10-11H2. The molecule has 0 atom stereocenters. The predicted molar refractivity (Wildman–Crippen MR) is 73.3 cm³/mol. The van der Waals surface area contributed by atoms with E-state index in [9.17, 15) is 18.0 Å². The number of carbonyl (C=O) groups excluding carboxylic acids is 1. The first-order chi connectivity index (χ1) is 9.96. The van der Waals surface area contributed by atoms with Crippen molar-refractivity contribution < 1.29 is 22.7 Å². The van der Waals surface area contributed by atoms with Crippen molar-refractivity contribution in [2.24, 2.45) is 5.92 Å². The highest BCUT2D eigenvalue weighted by molar-refractivity contribution is 5.98. The fourth-order valence-electron chi connectivity index (χ4n) is 2.86. The second-order valence-corrected chi connectivity index (χ2v) is 5.51. The van der Waals surface area contributed by atoms with Crippen LogP contribution < -0.4 is 4.74 Å². The predicted octanol–water partition coefficient (Wildman–Crippen LogP) is 5.13. The number of hydrogen-bond donors (Lipinski definition) is 0. The Balaban J connectivity index is 1.98. The van der Waals surface area contributed by atoms with Gasteiger partial charge in [-0.1, -0.05) is 44.2 Å². The number of benzene rings is 1. The second kappa shape index (κ2) is 6.96. The minimum Gasteiger partial charge on any atom is -0.405 e. The number of Topliss-reactive ketones (excluding diaryl/α,β-unsaturated/α-hetero) is 1. The number of rotatable bonds is 5. The molecule has 0 radical (unpaired) electrons. The zero-order valence-corrected chi connectivity index (χ0v) is 11.8. The van der Waals surface area contributed by atoms with Gasteiger partial charge in [0.15, 0.2) is 5.78 Å². The summed E-state index contributed by atoms with van der Waals surface area (Å²) in [6.45, 7) is 0. The third-order valence-corrected chi connectivity index (χ3v) is 3.92. The summed E-state index contributed by atoms with van der Waals surface area (Å²) < 4.78 is 40.9. The maximum absolute atomic E-state index is 12.3. The van der Waals surface area contributed by atoms with Crippen molar-refractivity contribution >= 4 is 5.78 Å². The number of hydrogen-bond acceptors (Lipinski definition) is 2. The molecular formula is C16H19F3O2. The largest absolute Gasteiger partial charge is 0.573 e. The van der Waals surface area contributed by atoms with E-state index >= 15 is 0 Å². The summed E-state index contributed by atoms with van der Waals surface area (Å²) in [6.07, 6.45) is 2.11. The average Bonchev–Trinajstić information content (AvgIpc) is 2.45. The van der Waals surface area contributed by atoms with Crippen LogP contribution in [0.3, 0.4) is 0 Å². The zero-order valence-electron chi connectivity index (χ0n) is 11.8. The second-order valence-electron chi connectivity index (χ2n) is 5.51. The van der Waals surface area contributed by atoms with E-state index in [0.29, 0.717) is 5.92 Å². The third kappa shape index (κ3) is 5.06. The van der Waals surface area contributed by atoms with Crippen molar-refractivity contribution in [3.05, 3.63) is 29.8 Å². The molecule has 0 heterocycles. The van der Waals surface area contributed by atoms with Gasteiger partial charge in [-0.3, -0.25) is 4.79 Å². The Labute approximate surface area is 122 Å². The molecule has 0 aliphatic heterocycles. The van der Waals surface area contributed by atoms with Crippen molar-refractivity contribution in [2.75, 3.05) is 0 Å². The lowest BCUT2D eigenvalue weighted by atomic mass is 9.85. The molecule has 116 valence electrons. The molecule has 1 aliphatic rings. The summed E-state index contributed by atoms with van der Waals surface area (Å²) in [7, 11) is 0. The van der Waals surface area contributed by atoms with Gasteiger partial charge in [0.25, 0.3) is 0 Å². The van der Waals surface area contributed by atoms with Crippen LogP contribution in [0.4, 0.5) is 13.2 Å². The molecule has 1 fully saturated rings. The molecular weight excluding hydrogens is 281 g/mol. The van der Waals surface area contributed by atoms with Gasteiger partial charge < -0.3 is 4.74 Å². The highest BCUT2D eigenvalue weighted by Crippen LogP contribution is 2.30. The van der Waals surface area contributed by atoms with Crippen LogP contribution in [-0.2, 0) is 0 Å². The lowest BCUT2D eigenvalue weighted by Crippen LogP contribution is -2.19. The summed E-state index contributed by atoms with van der Waals surface area (Å²) >= 11 is 0. The van der Waals surface area contributed by atoms with Crippen LogP contribution in [0.15, 0.2) is 24.3 Å².